The normalized spacial score (nSPS) is 11.1. The fourth-order valence-corrected chi connectivity index (χ4v) is 3.43. The highest BCUT2D eigenvalue weighted by atomic mass is 32.2. The van der Waals surface area contributed by atoms with Gasteiger partial charge in [-0.25, -0.2) is 9.97 Å². The predicted octanol–water partition coefficient (Wildman–Crippen LogP) is 3.17. The van der Waals surface area contributed by atoms with Crippen molar-refractivity contribution < 1.29 is 4.74 Å². The summed E-state index contributed by atoms with van der Waals surface area (Å²) in [5.74, 6) is 1.62. The molecule has 0 unspecified atom stereocenters. The second kappa shape index (κ2) is 6.36. The highest BCUT2D eigenvalue weighted by Gasteiger charge is 2.10. The van der Waals surface area contributed by atoms with E-state index >= 15 is 0 Å². The highest BCUT2D eigenvalue weighted by molar-refractivity contribution is 7.99. The zero-order valence-corrected chi connectivity index (χ0v) is 12.5. The molecule has 6 heteroatoms. The number of nitrogens with one attached hydrogen (secondary N) is 1. The van der Waals surface area contributed by atoms with Crippen LogP contribution in [-0.2, 0) is 4.74 Å². The van der Waals surface area contributed by atoms with Crippen LogP contribution in [0.3, 0.4) is 0 Å². The SMILES string of the molecule is CCNc1nc(SCCOC)c2cc(C)sc2n1. The molecule has 2 aromatic rings. The Hall–Kier alpha value is -0.850. The van der Waals surface area contributed by atoms with E-state index in [9.17, 15) is 0 Å². The number of ether oxygens (including phenoxy) is 1. The number of aryl methyl sites for hydroxylation is 1. The second-order valence-corrected chi connectivity index (χ2v) is 6.12. The van der Waals surface area contributed by atoms with E-state index < -0.39 is 0 Å². The summed E-state index contributed by atoms with van der Waals surface area (Å²) in [7, 11) is 1.72. The first-order valence-corrected chi connectivity index (χ1v) is 7.68. The Morgan fingerprint density at radius 3 is 3.00 bits per heavy atom. The van der Waals surface area contributed by atoms with E-state index in [0.29, 0.717) is 5.95 Å². The third-order valence-corrected chi connectivity index (χ3v) is 4.24. The van der Waals surface area contributed by atoms with Gasteiger partial charge in [-0.2, -0.15) is 0 Å². The topological polar surface area (TPSA) is 47.0 Å². The van der Waals surface area contributed by atoms with Crippen molar-refractivity contribution in [1.82, 2.24) is 9.97 Å². The number of methoxy groups -OCH3 is 1. The van der Waals surface area contributed by atoms with Gasteiger partial charge in [0, 0.05) is 29.7 Å². The van der Waals surface area contributed by atoms with Gasteiger partial charge in [-0.1, -0.05) is 0 Å². The molecule has 1 N–H and O–H groups in total. The second-order valence-electron chi connectivity index (χ2n) is 3.80. The first-order valence-electron chi connectivity index (χ1n) is 5.88. The highest BCUT2D eigenvalue weighted by Crippen LogP contribution is 2.31. The van der Waals surface area contributed by atoms with Crippen molar-refractivity contribution in [2.45, 2.75) is 18.9 Å². The first-order chi connectivity index (χ1) is 8.74. The smallest absolute Gasteiger partial charge is 0.225 e. The molecule has 0 fully saturated rings. The zero-order valence-electron chi connectivity index (χ0n) is 10.8. The van der Waals surface area contributed by atoms with Crippen molar-refractivity contribution in [3.8, 4) is 0 Å². The van der Waals surface area contributed by atoms with Crippen LogP contribution in [0.2, 0.25) is 0 Å². The zero-order chi connectivity index (χ0) is 13.0. The lowest BCUT2D eigenvalue weighted by Crippen LogP contribution is -2.03. The van der Waals surface area contributed by atoms with Crippen LogP contribution in [0.1, 0.15) is 11.8 Å². The van der Waals surface area contributed by atoms with Gasteiger partial charge >= 0.3 is 0 Å². The van der Waals surface area contributed by atoms with E-state index in [-0.39, 0.29) is 0 Å². The molecule has 0 aliphatic rings. The number of hydrogen-bond donors (Lipinski definition) is 1. The van der Waals surface area contributed by atoms with E-state index in [1.807, 2.05) is 6.92 Å². The van der Waals surface area contributed by atoms with Crippen LogP contribution in [0.15, 0.2) is 11.1 Å². The summed E-state index contributed by atoms with van der Waals surface area (Å²) in [4.78, 5) is 11.4. The largest absolute Gasteiger partial charge is 0.384 e. The minimum atomic E-state index is 0.715. The molecule has 0 saturated carbocycles. The van der Waals surface area contributed by atoms with Crippen molar-refractivity contribution in [3.63, 3.8) is 0 Å². The third kappa shape index (κ3) is 3.13. The molecule has 0 spiro atoms. The number of hydrogen-bond acceptors (Lipinski definition) is 6. The summed E-state index contributed by atoms with van der Waals surface area (Å²) in [6.07, 6.45) is 0. The molecule has 0 saturated heterocycles. The number of anilines is 1. The van der Waals surface area contributed by atoms with Crippen LogP contribution < -0.4 is 5.32 Å². The van der Waals surface area contributed by atoms with Crippen molar-refractivity contribution in [2.75, 3.05) is 31.3 Å². The minimum Gasteiger partial charge on any atom is -0.384 e. The van der Waals surface area contributed by atoms with Crippen LogP contribution in [-0.4, -0.2) is 36.0 Å². The Morgan fingerprint density at radius 1 is 1.44 bits per heavy atom. The number of aromatic nitrogens is 2. The number of thiophene rings is 1. The molecular formula is C12H17N3OS2. The molecule has 2 aromatic heterocycles. The van der Waals surface area contributed by atoms with Crippen LogP contribution >= 0.6 is 23.1 Å². The van der Waals surface area contributed by atoms with Gasteiger partial charge in [0.25, 0.3) is 0 Å². The van der Waals surface area contributed by atoms with E-state index in [1.165, 1.54) is 4.88 Å². The Labute approximate surface area is 115 Å². The summed E-state index contributed by atoms with van der Waals surface area (Å²) in [6, 6.07) is 2.16. The number of fused-ring (bicyclic) bond motifs is 1. The van der Waals surface area contributed by atoms with E-state index in [1.54, 1.807) is 30.2 Å². The molecule has 98 valence electrons. The summed E-state index contributed by atoms with van der Waals surface area (Å²) < 4.78 is 5.08. The molecule has 0 atom stereocenters. The van der Waals surface area contributed by atoms with Gasteiger partial charge in [-0.3, -0.25) is 0 Å². The first kappa shape index (κ1) is 13.6. The molecule has 0 radical (unpaired) electrons. The lowest BCUT2D eigenvalue weighted by molar-refractivity contribution is 0.218. The van der Waals surface area contributed by atoms with E-state index in [2.05, 4.69) is 28.3 Å². The average molecular weight is 283 g/mol. The third-order valence-electron chi connectivity index (χ3n) is 2.34. The Balaban J connectivity index is 2.33. The number of thioether (sulfide) groups is 1. The standard InChI is InChI=1S/C12H17N3OS2/c1-4-13-12-14-10(17-6-5-16-3)9-7-8(2)18-11(9)15-12/h7H,4-6H2,1-3H3,(H,13,14,15). The van der Waals surface area contributed by atoms with Crippen molar-refractivity contribution in [2.24, 2.45) is 0 Å². The van der Waals surface area contributed by atoms with Gasteiger partial charge in [0.15, 0.2) is 0 Å². The van der Waals surface area contributed by atoms with Crippen LogP contribution in [0.4, 0.5) is 5.95 Å². The maximum absolute atomic E-state index is 5.08. The van der Waals surface area contributed by atoms with E-state index in [4.69, 9.17) is 4.74 Å². The molecule has 4 nitrogen and oxygen atoms in total. The fourth-order valence-electron chi connectivity index (χ4n) is 1.58. The molecule has 0 amide bonds. The van der Waals surface area contributed by atoms with Crippen molar-refractivity contribution >= 4 is 39.3 Å². The lowest BCUT2D eigenvalue weighted by Gasteiger charge is -2.06. The number of rotatable bonds is 6. The molecule has 18 heavy (non-hydrogen) atoms. The van der Waals surface area contributed by atoms with Gasteiger partial charge in [-0.05, 0) is 19.9 Å². The molecule has 0 aliphatic carbocycles. The summed E-state index contributed by atoms with van der Waals surface area (Å²) in [5.41, 5.74) is 0. The van der Waals surface area contributed by atoms with Crippen LogP contribution in [0.25, 0.3) is 10.2 Å². The molecule has 2 rings (SSSR count). The molecule has 0 bridgehead atoms. The molecule has 0 aromatic carbocycles. The van der Waals surface area contributed by atoms with Gasteiger partial charge in [0.2, 0.25) is 5.95 Å². The predicted molar refractivity (Wildman–Crippen MR) is 78.9 cm³/mol. The van der Waals surface area contributed by atoms with Crippen LogP contribution in [0.5, 0.6) is 0 Å². The molecule has 2 heterocycles. The maximum Gasteiger partial charge on any atom is 0.225 e. The van der Waals surface area contributed by atoms with Gasteiger partial charge in [0.05, 0.1) is 6.61 Å². The monoisotopic (exact) mass is 283 g/mol. The number of nitrogens with zero attached hydrogens (tertiary/aromatic N) is 2. The Morgan fingerprint density at radius 2 is 2.28 bits per heavy atom. The summed E-state index contributed by atoms with van der Waals surface area (Å²) in [6.45, 7) is 5.71. The summed E-state index contributed by atoms with van der Waals surface area (Å²) >= 11 is 3.43. The van der Waals surface area contributed by atoms with Gasteiger partial charge in [0.1, 0.15) is 9.86 Å². The molecular weight excluding hydrogens is 266 g/mol. The minimum absolute atomic E-state index is 0.715. The van der Waals surface area contributed by atoms with Crippen LogP contribution in [0, 0.1) is 6.92 Å². The quantitative estimate of drug-likeness (QED) is 0.501. The Bertz CT molecular complexity index is 527. The van der Waals surface area contributed by atoms with Crippen molar-refractivity contribution in [1.29, 1.82) is 0 Å². The average Bonchev–Trinajstić information content (AvgIpc) is 2.70. The van der Waals surface area contributed by atoms with Gasteiger partial charge < -0.3 is 10.1 Å². The lowest BCUT2D eigenvalue weighted by atomic mass is 10.4. The van der Waals surface area contributed by atoms with Gasteiger partial charge in [-0.15, -0.1) is 23.1 Å². The summed E-state index contributed by atoms with van der Waals surface area (Å²) in [5, 5.41) is 5.37. The fraction of sp³-hybridized carbons (Fsp3) is 0.500. The maximum atomic E-state index is 5.08. The molecule has 0 aliphatic heterocycles. The Kier molecular flexibility index (Phi) is 4.79. The van der Waals surface area contributed by atoms with Crippen molar-refractivity contribution in [3.05, 3.63) is 10.9 Å². The van der Waals surface area contributed by atoms with E-state index in [0.717, 1.165) is 34.1 Å².